The molecule has 2 aromatic carbocycles. The number of fused-ring (bicyclic) bond motifs is 1. The van der Waals surface area contributed by atoms with Gasteiger partial charge in [0.05, 0.1) is 4.88 Å². The molecular formula is C31H32O2S. The van der Waals surface area contributed by atoms with Crippen LogP contribution in [0.2, 0.25) is 0 Å². The minimum Gasteiger partial charge on any atom is -0.508 e. The van der Waals surface area contributed by atoms with Gasteiger partial charge >= 0.3 is 0 Å². The van der Waals surface area contributed by atoms with Gasteiger partial charge in [-0.1, -0.05) is 99.9 Å². The lowest BCUT2D eigenvalue weighted by atomic mass is 9.85. The van der Waals surface area contributed by atoms with Crippen molar-refractivity contribution in [3.63, 3.8) is 0 Å². The molecule has 1 aliphatic rings. The van der Waals surface area contributed by atoms with Crippen molar-refractivity contribution in [2.45, 2.75) is 44.9 Å². The van der Waals surface area contributed by atoms with E-state index < -0.39 is 0 Å². The first-order valence-corrected chi connectivity index (χ1v) is 13.0. The third-order valence-electron chi connectivity index (χ3n) is 6.69. The van der Waals surface area contributed by atoms with E-state index in [0.29, 0.717) is 16.4 Å². The van der Waals surface area contributed by atoms with Gasteiger partial charge in [0.2, 0.25) is 5.78 Å². The van der Waals surface area contributed by atoms with Crippen LogP contribution in [-0.2, 0) is 0 Å². The third kappa shape index (κ3) is 5.31. The Morgan fingerprint density at radius 1 is 0.912 bits per heavy atom. The largest absolute Gasteiger partial charge is 0.508 e. The Kier molecular flexibility index (Phi) is 7.97. The van der Waals surface area contributed by atoms with E-state index in [1.807, 2.05) is 48.6 Å². The van der Waals surface area contributed by atoms with Crippen molar-refractivity contribution in [3.8, 4) is 5.75 Å². The van der Waals surface area contributed by atoms with Crippen LogP contribution in [0.5, 0.6) is 5.75 Å². The summed E-state index contributed by atoms with van der Waals surface area (Å²) in [6, 6.07) is 14.6. The highest BCUT2D eigenvalue weighted by Gasteiger charge is 2.22. The van der Waals surface area contributed by atoms with Crippen LogP contribution >= 0.6 is 11.3 Å². The second-order valence-corrected chi connectivity index (χ2v) is 9.97. The Balaban J connectivity index is 1.80. The molecule has 3 heteroatoms. The van der Waals surface area contributed by atoms with E-state index in [1.165, 1.54) is 61.9 Å². The normalized spacial score (nSPS) is 16.1. The van der Waals surface area contributed by atoms with Crippen molar-refractivity contribution >= 4 is 32.8 Å². The van der Waals surface area contributed by atoms with Crippen LogP contribution in [0, 0.1) is 5.92 Å². The second kappa shape index (κ2) is 11.3. The topological polar surface area (TPSA) is 37.3 Å². The van der Waals surface area contributed by atoms with Gasteiger partial charge in [-0.25, -0.2) is 0 Å². The molecule has 0 spiro atoms. The Morgan fingerprint density at radius 2 is 1.62 bits per heavy atom. The van der Waals surface area contributed by atoms with Gasteiger partial charge in [-0.3, -0.25) is 4.79 Å². The summed E-state index contributed by atoms with van der Waals surface area (Å²) in [5.41, 5.74) is 3.69. The maximum atomic E-state index is 13.5. The number of aromatic hydroxyl groups is 1. The molecule has 0 bridgehead atoms. The summed E-state index contributed by atoms with van der Waals surface area (Å²) in [6.07, 6.45) is 17.0. The zero-order valence-electron chi connectivity index (χ0n) is 19.6. The van der Waals surface area contributed by atoms with Crippen molar-refractivity contribution in [2.24, 2.45) is 5.92 Å². The van der Waals surface area contributed by atoms with Crippen molar-refractivity contribution < 1.29 is 9.90 Å². The molecule has 2 nitrogen and oxygen atoms in total. The smallest absolute Gasteiger partial charge is 0.203 e. The summed E-state index contributed by atoms with van der Waals surface area (Å²) >= 11 is 1.42. The van der Waals surface area contributed by atoms with Crippen LogP contribution in [0.25, 0.3) is 15.7 Å². The summed E-state index contributed by atoms with van der Waals surface area (Å²) in [7, 11) is 0. The van der Waals surface area contributed by atoms with Crippen molar-refractivity contribution in [2.75, 3.05) is 0 Å². The fourth-order valence-electron chi connectivity index (χ4n) is 4.85. The number of benzene rings is 2. The first kappa shape index (κ1) is 24.0. The van der Waals surface area contributed by atoms with E-state index in [0.717, 1.165) is 21.2 Å². The molecule has 0 amide bonds. The number of phenols is 1. The van der Waals surface area contributed by atoms with Gasteiger partial charge in [-0.15, -0.1) is 11.3 Å². The minimum atomic E-state index is -0.0167. The molecule has 0 atom stereocenters. The zero-order valence-corrected chi connectivity index (χ0v) is 20.4. The Bertz CT molecular complexity index is 1240. The van der Waals surface area contributed by atoms with E-state index in [2.05, 4.69) is 25.3 Å². The number of hydrogen-bond donors (Lipinski definition) is 1. The van der Waals surface area contributed by atoms with E-state index >= 15 is 0 Å². The average Bonchev–Trinajstić information content (AvgIpc) is 3.21. The first-order valence-electron chi connectivity index (χ1n) is 12.1. The van der Waals surface area contributed by atoms with Gasteiger partial charge in [-0.05, 0) is 48.1 Å². The van der Waals surface area contributed by atoms with Gasteiger partial charge in [-0.2, -0.15) is 0 Å². The molecule has 0 aliphatic heterocycles. The molecular weight excluding hydrogens is 436 g/mol. The van der Waals surface area contributed by atoms with E-state index in [-0.39, 0.29) is 11.5 Å². The highest BCUT2D eigenvalue weighted by molar-refractivity contribution is 7.21. The van der Waals surface area contributed by atoms with Gasteiger partial charge < -0.3 is 5.11 Å². The molecule has 0 radical (unpaired) electrons. The quantitative estimate of drug-likeness (QED) is 0.278. The zero-order chi connectivity index (χ0) is 23.9. The molecule has 4 rings (SSSR count). The van der Waals surface area contributed by atoms with Gasteiger partial charge in [0.15, 0.2) is 0 Å². The summed E-state index contributed by atoms with van der Waals surface area (Å²) in [5, 5.41) is 11.0. The lowest BCUT2D eigenvalue weighted by Gasteiger charge is -2.20. The summed E-state index contributed by atoms with van der Waals surface area (Å²) in [4.78, 5) is 14.2. The number of carbonyl (C=O) groups is 1. The first-order chi connectivity index (χ1) is 16.6. The monoisotopic (exact) mass is 468 g/mol. The second-order valence-electron chi connectivity index (χ2n) is 8.92. The fourth-order valence-corrected chi connectivity index (χ4v) is 6.07. The lowest BCUT2D eigenvalue weighted by molar-refractivity contribution is 0.104. The Morgan fingerprint density at radius 3 is 2.29 bits per heavy atom. The molecule has 1 aromatic heterocycles. The van der Waals surface area contributed by atoms with Crippen molar-refractivity contribution in [1.29, 1.82) is 0 Å². The van der Waals surface area contributed by atoms with Crippen molar-refractivity contribution in [3.05, 3.63) is 108 Å². The molecule has 0 unspecified atom stereocenters. The molecule has 174 valence electrons. The number of thiophene rings is 1. The van der Waals surface area contributed by atoms with E-state index in [9.17, 15) is 9.90 Å². The van der Waals surface area contributed by atoms with Crippen molar-refractivity contribution in [1.82, 2.24) is 0 Å². The molecule has 1 fully saturated rings. The Labute approximate surface area is 206 Å². The highest BCUT2D eigenvalue weighted by atomic mass is 32.1. The van der Waals surface area contributed by atoms with Crippen LogP contribution in [0.1, 0.15) is 65.7 Å². The molecule has 1 N–H and O–H groups in total. The van der Waals surface area contributed by atoms with Gasteiger partial charge in [0, 0.05) is 21.2 Å². The fraction of sp³-hybridized carbons (Fsp3) is 0.258. The highest BCUT2D eigenvalue weighted by Crippen LogP contribution is 2.39. The molecule has 1 aliphatic carbocycles. The third-order valence-corrected chi connectivity index (χ3v) is 7.84. The molecule has 0 saturated heterocycles. The number of phenolic OH excluding ortho intramolecular Hbond substituents is 1. The van der Waals surface area contributed by atoms with Crippen LogP contribution < -0.4 is 0 Å². The Hall–Kier alpha value is -3.17. The molecule has 34 heavy (non-hydrogen) atoms. The van der Waals surface area contributed by atoms with Gasteiger partial charge in [0.25, 0.3) is 0 Å². The van der Waals surface area contributed by atoms with Crippen LogP contribution in [0.4, 0.5) is 0 Å². The summed E-state index contributed by atoms with van der Waals surface area (Å²) in [6.45, 7) is 8.18. The number of ketones is 1. The number of allylic oxidation sites excluding steroid dienone is 6. The lowest BCUT2D eigenvalue weighted by Crippen LogP contribution is -2.05. The average molecular weight is 469 g/mol. The van der Waals surface area contributed by atoms with E-state index in [4.69, 9.17) is 0 Å². The molecule has 1 saturated carbocycles. The van der Waals surface area contributed by atoms with Gasteiger partial charge in [0.1, 0.15) is 5.75 Å². The summed E-state index contributed by atoms with van der Waals surface area (Å²) in [5.74, 6) is 0.708. The number of carbonyl (C=O) groups excluding carboxylic acids is 1. The predicted octanol–water partition coefficient (Wildman–Crippen LogP) is 8.88. The number of hydrogen-bond acceptors (Lipinski definition) is 3. The standard InChI is InChI=1S/C31H32O2S/c1-3-22(24-13-9-6-5-7-10-14-24)17-18-23(4-2)29-27-20-19-26(32)21-28(27)34-31(29)30(33)25-15-11-8-12-16-25/h3-4,8,11-12,15-21,24,32H,1-2,5-7,9-10,13-14H2/b22-17+,23-18+. The minimum absolute atomic E-state index is 0.0167. The molecule has 1 heterocycles. The van der Waals surface area contributed by atoms with Crippen LogP contribution in [-0.4, -0.2) is 10.9 Å². The number of rotatable bonds is 7. The summed E-state index contributed by atoms with van der Waals surface area (Å²) < 4.78 is 0.884. The maximum Gasteiger partial charge on any atom is 0.203 e. The maximum absolute atomic E-state index is 13.5. The van der Waals surface area contributed by atoms with E-state index in [1.54, 1.807) is 12.1 Å². The SMILES string of the molecule is C=C/C(=C\C=C(/C=C)c1c(C(=O)c2ccccc2)sc2cc(O)ccc12)C1CCCCCCC1. The predicted molar refractivity (Wildman–Crippen MR) is 146 cm³/mol. The molecule has 3 aromatic rings. The van der Waals surface area contributed by atoms with Crippen LogP contribution in [0.3, 0.4) is 0 Å². The van der Waals surface area contributed by atoms with Crippen LogP contribution in [0.15, 0.2) is 91.6 Å².